The molecule has 3 heterocycles. The lowest BCUT2D eigenvalue weighted by molar-refractivity contribution is 0.154. The number of hydrogen-bond donors (Lipinski definition) is 1. The molecule has 0 radical (unpaired) electrons. The predicted molar refractivity (Wildman–Crippen MR) is 119 cm³/mol. The van der Waals surface area contributed by atoms with Gasteiger partial charge in [-0.25, -0.2) is 22.4 Å². The average Bonchev–Trinajstić information content (AvgIpc) is 3.41. The average molecular weight is 439 g/mol. The number of imidazole rings is 1. The summed E-state index contributed by atoms with van der Waals surface area (Å²) in [5, 5.41) is 11.4. The second-order valence-electron chi connectivity index (χ2n) is 8.21. The van der Waals surface area contributed by atoms with E-state index in [1.165, 1.54) is 10.4 Å². The Bertz CT molecular complexity index is 1340. The van der Waals surface area contributed by atoms with E-state index < -0.39 is 16.1 Å². The minimum absolute atomic E-state index is 0.220. The molecule has 1 atom stereocenters. The zero-order chi connectivity index (χ0) is 21.6. The molecule has 4 aromatic rings. The number of aliphatic hydroxyl groups is 1. The van der Waals surface area contributed by atoms with Crippen molar-refractivity contribution in [3.63, 3.8) is 0 Å². The van der Waals surface area contributed by atoms with Crippen LogP contribution >= 0.6 is 0 Å². The maximum Gasteiger partial charge on any atom is 0.269 e. The summed E-state index contributed by atoms with van der Waals surface area (Å²) in [5.74, 6) is 0.650. The van der Waals surface area contributed by atoms with Gasteiger partial charge in [-0.15, -0.1) is 0 Å². The van der Waals surface area contributed by atoms with E-state index in [-0.39, 0.29) is 10.9 Å². The van der Waals surface area contributed by atoms with Crippen LogP contribution in [0, 0.1) is 0 Å². The first kappa shape index (κ1) is 20.2. The molecule has 0 aliphatic heterocycles. The topological polar surface area (TPSA) is 90.0 Å². The monoisotopic (exact) mass is 438 g/mol. The summed E-state index contributed by atoms with van der Waals surface area (Å²) in [6.45, 7) is 1.94. The molecular formula is C23H26N4O3S. The van der Waals surface area contributed by atoms with Crippen LogP contribution in [0.25, 0.3) is 22.1 Å². The van der Waals surface area contributed by atoms with E-state index in [9.17, 15) is 13.5 Å². The number of benzene rings is 1. The highest BCUT2D eigenvalue weighted by Gasteiger charge is 2.28. The quantitative estimate of drug-likeness (QED) is 0.493. The molecule has 1 fully saturated rings. The second-order valence-corrected chi connectivity index (χ2v) is 10.0. The van der Waals surface area contributed by atoms with E-state index >= 15 is 0 Å². The molecule has 3 aromatic heterocycles. The highest BCUT2D eigenvalue weighted by atomic mass is 32.2. The summed E-state index contributed by atoms with van der Waals surface area (Å²) in [6.07, 6.45) is 8.65. The zero-order valence-electron chi connectivity index (χ0n) is 17.5. The highest BCUT2D eigenvalue weighted by molar-refractivity contribution is 7.90. The standard InChI is InChI=1S/C23H26N4O3S/c1-2-20(28)23-25-19-15-24-22-18(21(19)27(23)16-9-5-3-6-10-16)13-14-26(22)31(29,30)17-11-7-4-8-12-17/h4,7-8,11-16,20,28H,2-3,5-6,9-10H2,1H3. The van der Waals surface area contributed by atoms with Crippen molar-refractivity contribution in [2.75, 3.05) is 0 Å². The van der Waals surface area contributed by atoms with Gasteiger partial charge in [0, 0.05) is 17.6 Å². The molecule has 1 N–H and O–H groups in total. The molecule has 7 nitrogen and oxygen atoms in total. The Hall–Kier alpha value is -2.71. The normalized spacial score (nSPS) is 16.8. The molecular weight excluding hydrogens is 412 g/mol. The fourth-order valence-electron chi connectivity index (χ4n) is 4.69. The fraction of sp³-hybridized carbons (Fsp3) is 0.391. The second kappa shape index (κ2) is 7.76. The first-order valence-corrected chi connectivity index (χ1v) is 12.3. The lowest BCUT2D eigenvalue weighted by atomic mass is 9.95. The van der Waals surface area contributed by atoms with Gasteiger partial charge >= 0.3 is 0 Å². The molecule has 1 aromatic carbocycles. The van der Waals surface area contributed by atoms with Gasteiger partial charge in [0.05, 0.1) is 16.6 Å². The van der Waals surface area contributed by atoms with Crippen LogP contribution in [-0.2, 0) is 10.0 Å². The Labute approximate surface area is 181 Å². The maximum atomic E-state index is 13.3. The van der Waals surface area contributed by atoms with Gasteiger partial charge in [-0.2, -0.15) is 0 Å². The third-order valence-electron chi connectivity index (χ3n) is 6.28. The van der Waals surface area contributed by atoms with Crippen molar-refractivity contribution < 1.29 is 13.5 Å². The number of fused-ring (bicyclic) bond motifs is 3. The molecule has 1 unspecified atom stereocenters. The first-order chi connectivity index (χ1) is 15.0. The van der Waals surface area contributed by atoms with E-state index in [4.69, 9.17) is 4.98 Å². The van der Waals surface area contributed by atoms with Crippen LogP contribution < -0.4 is 0 Å². The molecule has 1 aliphatic carbocycles. The van der Waals surface area contributed by atoms with Gasteiger partial charge in [0.25, 0.3) is 10.0 Å². The molecule has 5 rings (SSSR count). The van der Waals surface area contributed by atoms with E-state index in [0.717, 1.165) is 36.6 Å². The van der Waals surface area contributed by atoms with Crippen LogP contribution in [0.1, 0.15) is 63.4 Å². The Kier molecular flexibility index (Phi) is 5.06. The first-order valence-electron chi connectivity index (χ1n) is 10.9. The van der Waals surface area contributed by atoms with Crippen molar-refractivity contribution in [2.45, 2.75) is 62.5 Å². The lowest BCUT2D eigenvalue weighted by Gasteiger charge is -2.26. The maximum absolute atomic E-state index is 13.3. The Morgan fingerprint density at radius 1 is 1.13 bits per heavy atom. The van der Waals surface area contributed by atoms with Crippen molar-refractivity contribution in [1.29, 1.82) is 0 Å². The van der Waals surface area contributed by atoms with Gasteiger partial charge in [-0.3, -0.25) is 0 Å². The van der Waals surface area contributed by atoms with E-state index in [2.05, 4.69) is 9.55 Å². The van der Waals surface area contributed by atoms with Crippen molar-refractivity contribution in [2.24, 2.45) is 0 Å². The van der Waals surface area contributed by atoms with Gasteiger partial charge in [0.15, 0.2) is 5.65 Å². The smallest absolute Gasteiger partial charge is 0.269 e. The summed E-state index contributed by atoms with van der Waals surface area (Å²) in [5.41, 5.74) is 1.93. The van der Waals surface area contributed by atoms with Gasteiger partial charge < -0.3 is 9.67 Å². The zero-order valence-corrected chi connectivity index (χ0v) is 18.3. The molecule has 8 heteroatoms. The summed E-state index contributed by atoms with van der Waals surface area (Å²) in [7, 11) is -3.77. The van der Waals surface area contributed by atoms with Crippen LogP contribution in [-0.4, -0.2) is 32.0 Å². The van der Waals surface area contributed by atoms with Crippen molar-refractivity contribution in [3.8, 4) is 0 Å². The number of rotatable bonds is 5. The number of nitrogens with zero attached hydrogens (tertiary/aromatic N) is 4. The largest absolute Gasteiger partial charge is 0.385 e. The Morgan fingerprint density at radius 3 is 2.58 bits per heavy atom. The summed E-state index contributed by atoms with van der Waals surface area (Å²) in [6, 6.07) is 10.4. The molecule has 31 heavy (non-hydrogen) atoms. The fourth-order valence-corrected chi connectivity index (χ4v) is 6.01. The van der Waals surface area contributed by atoms with Crippen LogP contribution in [0.2, 0.25) is 0 Å². The summed E-state index contributed by atoms with van der Waals surface area (Å²) >= 11 is 0. The van der Waals surface area contributed by atoms with Gasteiger partial charge in [-0.1, -0.05) is 44.4 Å². The van der Waals surface area contributed by atoms with Gasteiger partial charge in [0.1, 0.15) is 17.4 Å². The minimum atomic E-state index is -3.77. The molecule has 0 amide bonds. The Morgan fingerprint density at radius 2 is 1.87 bits per heavy atom. The summed E-state index contributed by atoms with van der Waals surface area (Å²) in [4.78, 5) is 9.42. The van der Waals surface area contributed by atoms with Gasteiger partial charge in [-0.05, 0) is 37.5 Å². The molecule has 1 aliphatic rings. The van der Waals surface area contributed by atoms with E-state index in [0.29, 0.717) is 23.4 Å². The third kappa shape index (κ3) is 3.25. The van der Waals surface area contributed by atoms with Gasteiger partial charge in [0.2, 0.25) is 0 Å². The van der Waals surface area contributed by atoms with Crippen molar-refractivity contribution in [1.82, 2.24) is 18.5 Å². The SMILES string of the molecule is CCC(O)c1nc2cnc3c(ccn3S(=O)(=O)c3ccccc3)c2n1C1CCCCC1. The number of pyridine rings is 1. The van der Waals surface area contributed by atoms with Crippen LogP contribution in [0.15, 0.2) is 53.7 Å². The number of aromatic nitrogens is 4. The number of hydrogen-bond acceptors (Lipinski definition) is 5. The van der Waals surface area contributed by atoms with Crippen LogP contribution in [0.4, 0.5) is 0 Å². The van der Waals surface area contributed by atoms with E-state index in [1.807, 2.05) is 6.92 Å². The van der Waals surface area contributed by atoms with Crippen molar-refractivity contribution >= 4 is 32.1 Å². The van der Waals surface area contributed by atoms with E-state index in [1.54, 1.807) is 48.8 Å². The molecule has 1 saturated carbocycles. The third-order valence-corrected chi connectivity index (χ3v) is 7.96. The lowest BCUT2D eigenvalue weighted by Crippen LogP contribution is -2.17. The minimum Gasteiger partial charge on any atom is -0.385 e. The molecule has 0 saturated heterocycles. The molecule has 162 valence electrons. The predicted octanol–water partition coefficient (Wildman–Crippen LogP) is 4.57. The van der Waals surface area contributed by atoms with Crippen LogP contribution in [0.5, 0.6) is 0 Å². The van der Waals surface area contributed by atoms with Crippen LogP contribution in [0.3, 0.4) is 0 Å². The Balaban J connectivity index is 1.76. The summed E-state index contributed by atoms with van der Waals surface area (Å²) < 4.78 is 29.9. The molecule has 0 spiro atoms. The molecule has 0 bridgehead atoms. The van der Waals surface area contributed by atoms with Crippen molar-refractivity contribution in [3.05, 3.63) is 54.6 Å². The number of aliphatic hydroxyl groups excluding tert-OH is 1. The highest BCUT2D eigenvalue weighted by Crippen LogP contribution is 2.37.